The van der Waals surface area contributed by atoms with Gasteiger partial charge in [0.25, 0.3) is 5.91 Å². The molecule has 2 N–H and O–H groups in total. The number of hydrogen-bond acceptors (Lipinski definition) is 3. The topological polar surface area (TPSA) is 81.6 Å². The van der Waals surface area contributed by atoms with E-state index < -0.39 is 0 Å². The van der Waals surface area contributed by atoms with Crippen molar-refractivity contribution in [2.24, 2.45) is 0 Å². The van der Waals surface area contributed by atoms with E-state index in [1.807, 2.05) is 54.6 Å². The van der Waals surface area contributed by atoms with Crippen molar-refractivity contribution in [1.82, 2.24) is 15.5 Å². The second-order valence-corrected chi connectivity index (χ2v) is 5.27. The van der Waals surface area contributed by atoms with Gasteiger partial charge in [0.2, 0.25) is 0 Å². The number of benzene rings is 2. The molecular weight excluding hydrogens is 300 g/mol. The van der Waals surface area contributed by atoms with Crippen LogP contribution in [0.1, 0.15) is 28.0 Å². The van der Waals surface area contributed by atoms with Crippen molar-refractivity contribution in [3.63, 3.8) is 0 Å². The zero-order valence-corrected chi connectivity index (χ0v) is 13.0. The first kappa shape index (κ1) is 15.5. The Labute approximate surface area is 139 Å². The number of H-pyrrole nitrogens is 1. The van der Waals surface area contributed by atoms with Crippen LogP contribution in [0.15, 0.2) is 48.5 Å². The molecule has 1 heterocycles. The Balaban J connectivity index is 1.70. The fourth-order valence-electron chi connectivity index (χ4n) is 2.37. The normalized spacial score (nSPS) is 10.8. The number of para-hydroxylation sites is 1. The third kappa shape index (κ3) is 3.50. The van der Waals surface area contributed by atoms with Crippen LogP contribution in [0.4, 0.5) is 0 Å². The molecule has 0 aliphatic carbocycles. The van der Waals surface area contributed by atoms with Crippen LogP contribution in [-0.2, 0) is 0 Å². The lowest BCUT2D eigenvalue weighted by molar-refractivity contribution is 0.0954. The van der Waals surface area contributed by atoms with Crippen LogP contribution in [0, 0.1) is 11.3 Å². The molecule has 0 spiro atoms. The van der Waals surface area contributed by atoms with E-state index in [9.17, 15) is 4.79 Å². The van der Waals surface area contributed by atoms with Gasteiger partial charge in [-0.2, -0.15) is 10.4 Å². The Morgan fingerprint density at radius 2 is 1.96 bits per heavy atom. The van der Waals surface area contributed by atoms with E-state index in [0.717, 1.165) is 22.2 Å². The summed E-state index contributed by atoms with van der Waals surface area (Å²) in [6.45, 7) is 0.364. The summed E-state index contributed by atoms with van der Waals surface area (Å²) in [4.78, 5) is 11.9. The van der Waals surface area contributed by atoms with Crippen molar-refractivity contribution in [2.75, 3.05) is 6.54 Å². The minimum Gasteiger partial charge on any atom is -0.351 e. The van der Waals surface area contributed by atoms with Gasteiger partial charge in [-0.3, -0.25) is 9.89 Å². The minimum absolute atomic E-state index is 0.168. The number of aromatic amines is 1. The van der Waals surface area contributed by atoms with Gasteiger partial charge in [0.1, 0.15) is 0 Å². The summed E-state index contributed by atoms with van der Waals surface area (Å²) in [5.74, 6) is -0.168. The van der Waals surface area contributed by atoms with E-state index in [1.165, 1.54) is 0 Å². The van der Waals surface area contributed by atoms with E-state index in [2.05, 4.69) is 15.5 Å². The zero-order valence-electron chi connectivity index (χ0n) is 13.0. The minimum atomic E-state index is -0.168. The van der Waals surface area contributed by atoms with Crippen LogP contribution in [0.3, 0.4) is 0 Å². The van der Waals surface area contributed by atoms with Crippen LogP contribution >= 0.6 is 0 Å². The number of carbonyl (C=O) groups is 1. The zero-order chi connectivity index (χ0) is 16.8. The first-order chi connectivity index (χ1) is 11.8. The van der Waals surface area contributed by atoms with Crippen LogP contribution in [0.5, 0.6) is 0 Å². The molecule has 0 aliphatic rings. The quantitative estimate of drug-likeness (QED) is 0.708. The molecule has 5 nitrogen and oxygen atoms in total. The molecule has 1 aromatic heterocycles. The summed E-state index contributed by atoms with van der Waals surface area (Å²) in [6, 6.07) is 17.2. The van der Waals surface area contributed by atoms with Crippen LogP contribution in [0.2, 0.25) is 0 Å². The monoisotopic (exact) mass is 316 g/mol. The lowest BCUT2D eigenvalue weighted by Crippen LogP contribution is -2.24. The molecule has 118 valence electrons. The fraction of sp³-hybridized carbons (Fsp3) is 0.105. The summed E-state index contributed by atoms with van der Waals surface area (Å²) in [5.41, 5.74) is 3.44. The molecule has 0 atom stereocenters. The van der Waals surface area contributed by atoms with E-state index in [-0.39, 0.29) is 5.91 Å². The summed E-state index contributed by atoms with van der Waals surface area (Å²) in [5, 5.41) is 19.5. The molecule has 0 aliphatic heterocycles. The largest absolute Gasteiger partial charge is 0.351 e. The smallest absolute Gasteiger partial charge is 0.251 e. The molecule has 1 amide bonds. The van der Waals surface area contributed by atoms with Gasteiger partial charge < -0.3 is 5.32 Å². The molecule has 5 heteroatoms. The summed E-state index contributed by atoms with van der Waals surface area (Å²) in [7, 11) is 0. The van der Waals surface area contributed by atoms with Crippen molar-refractivity contribution in [2.45, 2.75) is 6.42 Å². The molecule has 0 fully saturated rings. The number of nitrogens with one attached hydrogen (secondary N) is 2. The number of nitriles is 1. The standard InChI is InChI=1S/C19H16N4O/c20-12-3-13-21-19(24)15-9-6-14(7-10-15)8-11-18-16-4-1-2-5-17(16)22-23-18/h1-2,4-11H,3,13H2,(H,21,24)(H,22,23)/b11-8+. The van der Waals surface area contributed by atoms with Crippen LogP contribution < -0.4 is 5.32 Å². The Hall–Kier alpha value is -3.39. The van der Waals surface area contributed by atoms with Crippen molar-refractivity contribution in [3.05, 3.63) is 65.4 Å². The Morgan fingerprint density at radius 3 is 2.75 bits per heavy atom. The second-order valence-electron chi connectivity index (χ2n) is 5.27. The average molecular weight is 316 g/mol. The predicted molar refractivity (Wildman–Crippen MR) is 94.0 cm³/mol. The highest BCUT2D eigenvalue weighted by atomic mass is 16.1. The third-order valence-electron chi connectivity index (χ3n) is 3.63. The number of carbonyl (C=O) groups excluding carboxylic acids is 1. The number of amides is 1. The molecule has 3 aromatic rings. The van der Waals surface area contributed by atoms with Crippen molar-refractivity contribution < 1.29 is 4.79 Å². The highest BCUT2D eigenvalue weighted by Gasteiger charge is 2.04. The number of nitrogens with zero attached hydrogens (tertiary/aromatic N) is 2. The van der Waals surface area contributed by atoms with Crippen molar-refractivity contribution >= 4 is 29.0 Å². The molecule has 0 saturated carbocycles. The number of hydrogen-bond donors (Lipinski definition) is 2. The molecule has 0 saturated heterocycles. The average Bonchev–Trinajstić information content (AvgIpc) is 3.04. The fourth-order valence-corrected chi connectivity index (χ4v) is 2.37. The van der Waals surface area contributed by atoms with Gasteiger partial charge in [-0.15, -0.1) is 0 Å². The molecule has 0 unspecified atom stereocenters. The first-order valence-corrected chi connectivity index (χ1v) is 7.64. The maximum absolute atomic E-state index is 11.9. The number of aromatic nitrogens is 2. The molecule has 3 rings (SSSR count). The predicted octanol–water partition coefficient (Wildman–Crippen LogP) is 3.38. The van der Waals surface area contributed by atoms with Gasteiger partial charge in [0, 0.05) is 17.5 Å². The van der Waals surface area contributed by atoms with Gasteiger partial charge in [-0.25, -0.2) is 0 Å². The van der Waals surface area contributed by atoms with E-state index in [0.29, 0.717) is 18.5 Å². The SMILES string of the molecule is N#CCCNC(=O)c1ccc(/C=C/c2n[nH]c3ccccc23)cc1. The summed E-state index contributed by atoms with van der Waals surface area (Å²) >= 11 is 0. The lowest BCUT2D eigenvalue weighted by Gasteiger charge is -2.03. The molecule has 2 aromatic carbocycles. The van der Waals surface area contributed by atoms with Gasteiger partial charge >= 0.3 is 0 Å². The number of fused-ring (bicyclic) bond motifs is 1. The Kier molecular flexibility index (Phi) is 4.68. The second kappa shape index (κ2) is 7.25. The Morgan fingerprint density at radius 1 is 1.17 bits per heavy atom. The summed E-state index contributed by atoms with van der Waals surface area (Å²) < 4.78 is 0. The van der Waals surface area contributed by atoms with Crippen molar-refractivity contribution in [1.29, 1.82) is 5.26 Å². The van der Waals surface area contributed by atoms with Gasteiger partial charge in [0.05, 0.1) is 23.7 Å². The third-order valence-corrected chi connectivity index (χ3v) is 3.63. The summed E-state index contributed by atoms with van der Waals surface area (Å²) in [6.07, 6.45) is 4.21. The molecule has 0 bridgehead atoms. The van der Waals surface area contributed by atoms with Crippen LogP contribution in [0.25, 0.3) is 23.1 Å². The lowest BCUT2D eigenvalue weighted by atomic mass is 10.1. The van der Waals surface area contributed by atoms with E-state index >= 15 is 0 Å². The van der Waals surface area contributed by atoms with Crippen LogP contribution in [-0.4, -0.2) is 22.6 Å². The van der Waals surface area contributed by atoms with Gasteiger partial charge in [-0.1, -0.05) is 36.4 Å². The highest BCUT2D eigenvalue weighted by molar-refractivity contribution is 5.94. The number of rotatable bonds is 5. The molecule has 0 radical (unpaired) electrons. The molecule has 24 heavy (non-hydrogen) atoms. The molecular formula is C19H16N4O. The first-order valence-electron chi connectivity index (χ1n) is 7.64. The highest BCUT2D eigenvalue weighted by Crippen LogP contribution is 2.17. The van der Waals surface area contributed by atoms with E-state index in [4.69, 9.17) is 5.26 Å². The van der Waals surface area contributed by atoms with Gasteiger partial charge in [-0.05, 0) is 29.8 Å². The van der Waals surface area contributed by atoms with E-state index in [1.54, 1.807) is 12.1 Å². The Bertz CT molecular complexity index is 916. The maximum Gasteiger partial charge on any atom is 0.251 e. The maximum atomic E-state index is 11.9. The van der Waals surface area contributed by atoms with Gasteiger partial charge in [0.15, 0.2) is 0 Å². The van der Waals surface area contributed by atoms with Crippen molar-refractivity contribution in [3.8, 4) is 6.07 Å².